The largest absolute Gasteiger partial charge is 0.456 e. The molecular weight excluding hydrogens is 629 g/mol. The number of pyridine rings is 2. The second kappa shape index (κ2) is 8.77. The number of rotatable bonds is 2. The molecule has 0 fully saturated rings. The minimum Gasteiger partial charge on any atom is -0.456 e. The van der Waals surface area contributed by atoms with Gasteiger partial charge in [0.1, 0.15) is 28.3 Å². The molecule has 7 heteroatoms. The monoisotopic (exact) mass is 654 g/mol. The number of ether oxygens (including phenoxy) is 1. The van der Waals surface area contributed by atoms with Gasteiger partial charge >= 0.3 is 5.66 Å². The summed E-state index contributed by atoms with van der Waals surface area (Å²) in [6, 6.07) is 47.4. The van der Waals surface area contributed by atoms with Gasteiger partial charge in [-0.3, -0.25) is 4.98 Å². The Labute approximate surface area is 290 Å². The molecule has 5 aromatic heterocycles. The van der Waals surface area contributed by atoms with Gasteiger partial charge in [-0.15, -0.1) is 4.68 Å². The first-order valence-electron chi connectivity index (χ1n) is 17.3. The molecule has 51 heavy (non-hydrogen) atoms. The highest BCUT2D eigenvalue weighted by Gasteiger charge is 2.68. The van der Waals surface area contributed by atoms with Crippen LogP contribution in [-0.2, 0) is 5.66 Å². The second-order valence-corrected chi connectivity index (χ2v) is 13.7. The van der Waals surface area contributed by atoms with E-state index in [4.69, 9.17) is 9.72 Å². The van der Waals surface area contributed by atoms with Crippen LogP contribution in [0.5, 0.6) is 11.5 Å². The van der Waals surface area contributed by atoms with Gasteiger partial charge in [0.15, 0.2) is 11.1 Å². The highest BCUT2D eigenvalue weighted by Crippen LogP contribution is 2.55. The van der Waals surface area contributed by atoms with E-state index in [1.54, 1.807) is 0 Å². The van der Waals surface area contributed by atoms with Crippen molar-refractivity contribution in [3.05, 3.63) is 169 Å². The fourth-order valence-electron chi connectivity index (χ4n) is 9.41. The van der Waals surface area contributed by atoms with Crippen LogP contribution in [0.25, 0.3) is 72.1 Å². The molecule has 0 bridgehead atoms. The van der Waals surface area contributed by atoms with Crippen LogP contribution in [0.1, 0.15) is 11.1 Å². The lowest BCUT2D eigenvalue weighted by Gasteiger charge is -2.32. The van der Waals surface area contributed by atoms with Crippen molar-refractivity contribution >= 4 is 43.7 Å². The van der Waals surface area contributed by atoms with E-state index >= 15 is 0 Å². The smallest absolute Gasteiger partial charge is 0.397 e. The molecule has 1 atom stereocenters. The summed E-state index contributed by atoms with van der Waals surface area (Å²) in [5.41, 5.74) is 11.5. The van der Waals surface area contributed by atoms with Gasteiger partial charge in [0.2, 0.25) is 6.20 Å². The number of hydrogen-bond donors (Lipinski definition) is 0. The Bertz CT molecular complexity index is 3190. The maximum absolute atomic E-state index is 6.82. The average molecular weight is 655 g/mol. The van der Waals surface area contributed by atoms with Gasteiger partial charge in [0, 0.05) is 39.7 Å². The lowest BCUT2D eigenvalue weighted by molar-refractivity contribution is -0.993. The van der Waals surface area contributed by atoms with Crippen LogP contribution in [0.15, 0.2) is 158 Å². The van der Waals surface area contributed by atoms with Crippen molar-refractivity contribution < 1.29 is 14.0 Å². The normalized spacial score (nSPS) is 16.1. The summed E-state index contributed by atoms with van der Waals surface area (Å²) >= 11 is 0. The summed E-state index contributed by atoms with van der Waals surface area (Å²) in [6.45, 7) is 0. The molecule has 1 spiro atoms. The molecule has 0 N–H and O–H groups in total. The maximum Gasteiger partial charge on any atom is 0.397 e. The Balaban J connectivity index is 1.14. The predicted octanol–water partition coefficient (Wildman–Crippen LogP) is 8.34. The van der Waals surface area contributed by atoms with Crippen LogP contribution in [0.4, 0.5) is 0 Å². The summed E-state index contributed by atoms with van der Waals surface area (Å²) < 4.78 is 18.7. The summed E-state index contributed by atoms with van der Waals surface area (Å²) in [7, 11) is 0. The molecule has 7 nitrogen and oxygen atoms in total. The minimum absolute atomic E-state index is 0.727. The minimum atomic E-state index is -0.727. The second-order valence-electron chi connectivity index (χ2n) is 13.7. The lowest BCUT2D eigenvalue weighted by Crippen LogP contribution is -2.76. The third kappa shape index (κ3) is 2.90. The highest BCUT2D eigenvalue weighted by atomic mass is 16.5. The number of fused-ring (bicyclic) bond motifs is 10. The molecule has 13 rings (SSSR count). The molecule has 236 valence electrons. The molecule has 0 radical (unpaired) electrons. The summed E-state index contributed by atoms with van der Waals surface area (Å²) in [5.74, 6) is 2.85. The standard InChI is InChI=1S/C44H26N6O/c1-2-11-29(12-3-1)49-34-16-7-5-14-32(34)42-36(49)23-27(24-45-42)28-25-47-35-17-10-18-37-40(35)44(48(47)26-28)41-38(51-37)21-20-31-30-13-4-6-15-33(30)50(43(31)41)39-19-8-9-22-46(39)44/h1-26H/q+2. The van der Waals surface area contributed by atoms with E-state index in [-0.39, 0.29) is 0 Å². The van der Waals surface area contributed by atoms with Crippen LogP contribution in [0.3, 0.4) is 0 Å². The summed E-state index contributed by atoms with van der Waals surface area (Å²) in [5, 5.41) is 3.59. The highest BCUT2D eigenvalue weighted by molar-refractivity contribution is 6.11. The molecule has 3 aliphatic rings. The average Bonchev–Trinajstić information content (AvgIpc) is 3.93. The van der Waals surface area contributed by atoms with Gasteiger partial charge in [0.25, 0.3) is 5.82 Å². The van der Waals surface area contributed by atoms with Crippen LogP contribution in [0.2, 0.25) is 0 Å². The topological polar surface area (TPSA) is 44.7 Å². The van der Waals surface area contributed by atoms with E-state index in [1.165, 1.54) is 21.8 Å². The summed E-state index contributed by atoms with van der Waals surface area (Å²) in [4.78, 5) is 5.14. The van der Waals surface area contributed by atoms with E-state index < -0.39 is 5.66 Å². The molecule has 0 saturated heterocycles. The van der Waals surface area contributed by atoms with E-state index in [0.717, 1.165) is 72.9 Å². The molecule has 1 unspecified atom stereocenters. The third-order valence-corrected chi connectivity index (χ3v) is 11.3. The molecule has 3 aliphatic heterocycles. The first-order chi connectivity index (χ1) is 25.3. The quantitative estimate of drug-likeness (QED) is 0.176. The van der Waals surface area contributed by atoms with Crippen molar-refractivity contribution in [2.75, 3.05) is 0 Å². The maximum atomic E-state index is 6.82. The number of nitrogens with zero attached hydrogens (tertiary/aromatic N) is 6. The molecule has 10 aromatic rings. The van der Waals surface area contributed by atoms with Crippen LogP contribution in [0, 0.1) is 0 Å². The van der Waals surface area contributed by atoms with Crippen molar-refractivity contribution in [1.29, 1.82) is 0 Å². The van der Waals surface area contributed by atoms with Gasteiger partial charge in [0.05, 0.1) is 34.5 Å². The zero-order valence-electron chi connectivity index (χ0n) is 27.1. The summed E-state index contributed by atoms with van der Waals surface area (Å²) in [6.07, 6.45) is 8.82. The molecule has 0 amide bonds. The molecule has 0 aliphatic carbocycles. The van der Waals surface area contributed by atoms with E-state index in [0.29, 0.717) is 0 Å². The van der Waals surface area contributed by atoms with E-state index in [1.807, 2.05) is 6.20 Å². The molecule has 0 saturated carbocycles. The zero-order valence-corrected chi connectivity index (χ0v) is 27.1. The Morgan fingerprint density at radius 3 is 2.29 bits per heavy atom. The first kappa shape index (κ1) is 26.0. The van der Waals surface area contributed by atoms with Crippen LogP contribution < -0.4 is 14.0 Å². The van der Waals surface area contributed by atoms with Gasteiger partial charge < -0.3 is 9.30 Å². The number of para-hydroxylation sites is 3. The van der Waals surface area contributed by atoms with Crippen molar-refractivity contribution in [3.63, 3.8) is 0 Å². The van der Waals surface area contributed by atoms with Crippen molar-refractivity contribution in [2.24, 2.45) is 0 Å². The van der Waals surface area contributed by atoms with Crippen molar-refractivity contribution in [1.82, 2.24) is 18.8 Å². The van der Waals surface area contributed by atoms with Crippen LogP contribution >= 0.6 is 0 Å². The fraction of sp³-hybridized carbons (Fsp3) is 0.0227. The van der Waals surface area contributed by atoms with Gasteiger partial charge in [-0.2, -0.15) is 9.13 Å². The van der Waals surface area contributed by atoms with Gasteiger partial charge in [-0.05, 0) is 66.7 Å². The van der Waals surface area contributed by atoms with Crippen LogP contribution in [-0.4, -0.2) is 18.8 Å². The van der Waals surface area contributed by atoms with Crippen molar-refractivity contribution in [3.8, 4) is 39.8 Å². The molecular formula is C44H26N6O+2. The molecule has 5 aromatic carbocycles. The Morgan fingerprint density at radius 1 is 0.608 bits per heavy atom. The van der Waals surface area contributed by atoms with Crippen molar-refractivity contribution in [2.45, 2.75) is 5.66 Å². The SMILES string of the molecule is c1ccc(-n2c3ccccc3c3ncc(-c4cn5[n+](c4)C46c7c(cccc7-5)Oc5ccc7c8ccccc8n(c7c54)-c4cccc[n+]46)cc32)cc1. The fourth-order valence-corrected chi connectivity index (χ4v) is 9.41. The number of hydrogen-bond acceptors (Lipinski definition) is 2. The van der Waals surface area contributed by atoms with E-state index in [2.05, 4.69) is 175 Å². The first-order valence-corrected chi connectivity index (χ1v) is 17.3. The van der Waals surface area contributed by atoms with E-state index in [9.17, 15) is 0 Å². The Hall–Kier alpha value is -6.99. The number of benzene rings is 5. The lowest BCUT2D eigenvalue weighted by atomic mass is 9.84. The number of aromatic nitrogens is 6. The van der Waals surface area contributed by atoms with Gasteiger partial charge in [-0.25, -0.2) is 0 Å². The Morgan fingerprint density at radius 2 is 1.39 bits per heavy atom. The third-order valence-electron chi connectivity index (χ3n) is 11.3. The predicted molar refractivity (Wildman–Crippen MR) is 196 cm³/mol. The Kier molecular flexibility index (Phi) is 4.46. The molecule has 8 heterocycles. The zero-order chi connectivity index (χ0) is 33.0. The van der Waals surface area contributed by atoms with Gasteiger partial charge in [-0.1, -0.05) is 65.3 Å².